The molecule has 0 aliphatic heterocycles. The smallest absolute Gasteiger partial charge is 0.250 e. The first-order valence-corrected chi connectivity index (χ1v) is 8.23. The van der Waals surface area contributed by atoms with Crippen molar-refractivity contribution in [3.8, 4) is 0 Å². The second-order valence-corrected chi connectivity index (χ2v) is 6.63. The predicted molar refractivity (Wildman–Crippen MR) is 91.8 cm³/mol. The van der Waals surface area contributed by atoms with Crippen molar-refractivity contribution in [2.75, 3.05) is 30.9 Å². The molecule has 22 heavy (non-hydrogen) atoms. The first kappa shape index (κ1) is 17.1. The maximum absolute atomic E-state index is 12.0. The third-order valence-electron chi connectivity index (χ3n) is 4.17. The van der Waals surface area contributed by atoms with Crippen LogP contribution in [0.4, 0.5) is 11.4 Å². The van der Waals surface area contributed by atoms with E-state index in [1.807, 2.05) is 31.1 Å². The average molecular weight is 325 g/mol. The maximum atomic E-state index is 12.0. The Morgan fingerprint density at radius 1 is 1.36 bits per heavy atom. The summed E-state index contributed by atoms with van der Waals surface area (Å²) in [5.41, 5.74) is 1.62. The number of amides is 1. The number of carbonyl (C=O) groups is 1. The normalized spacial score (nSPS) is 21.5. The van der Waals surface area contributed by atoms with Crippen molar-refractivity contribution in [1.82, 2.24) is 0 Å². The number of ether oxygens (including phenoxy) is 1. The van der Waals surface area contributed by atoms with Gasteiger partial charge in [0.1, 0.15) is 6.61 Å². The summed E-state index contributed by atoms with van der Waals surface area (Å²) < 4.78 is 5.77. The summed E-state index contributed by atoms with van der Waals surface area (Å²) in [6.45, 7) is 2.30. The zero-order valence-corrected chi connectivity index (χ0v) is 14.3. The van der Waals surface area contributed by atoms with E-state index in [2.05, 4.69) is 12.2 Å². The molecular formula is C17H25ClN2O2. The molecule has 122 valence electrons. The Balaban J connectivity index is 1.85. The van der Waals surface area contributed by atoms with Crippen LogP contribution in [0.25, 0.3) is 0 Å². The van der Waals surface area contributed by atoms with Gasteiger partial charge in [0.2, 0.25) is 5.91 Å². The number of nitrogens with one attached hydrogen (secondary N) is 1. The Labute approximate surface area is 137 Å². The number of carbonyl (C=O) groups excluding carboxylic acids is 1. The van der Waals surface area contributed by atoms with Crippen molar-refractivity contribution >= 4 is 28.9 Å². The molecule has 0 bridgehead atoms. The van der Waals surface area contributed by atoms with Crippen molar-refractivity contribution in [3.05, 3.63) is 23.2 Å². The summed E-state index contributed by atoms with van der Waals surface area (Å²) in [6, 6.07) is 5.50. The van der Waals surface area contributed by atoms with Crippen molar-refractivity contribution in [1.29, 1.82) is 0 Å². The number of halogens is 1. The lowest BCUT2D eigenvalue weighted by atomic mass is 9.88. The van der Waals surface area contributed by atoms with Crippen LogP contribution in [-0.2, 0) is 9.53 Å². The van der Waals surface area contributed by atoms with Crippen LogP contribution in [0.5, 0.6) is 0 Å². The largest absolute Gasteiger partial charge is 0.376 e. The van der Waals surface area contributed by atoms with E-state index in [0.29, 0.717) is 16.6 Å². The molecule has 0 spiro atoms. The minimum absolute atomic E-state index is 0.0993. The van der Waals surface area contributed by atoms with Gasteiger partial charge in [0.25, 0.3) is 0 Å². The van der Waals surface area contributed by atoms with Crippen molar-refractivity contribution in [2.45, 2.75) is 38.7 Å². The summed E-state index contributed by atoms with van der Waals surface area (Å²) in [4.78, 5) is 13.9. The fraction of sp³-hybridized carbons (Fsp3) is 0.588. The summed E-state index contributed by atoms with van der Waals surface area (Å²) in [5, 5.41) is 3.45. The SMILES string of the molecule is C[C@@H]1CCCC[C@@H]1OCC(=O)Nc1ccc(N(C)C)c(Cl)c1. The van der Waals surface area contributed by atoms with Gasteiger partial charge in [0.05, 0.1) is 16.8 Å². The van der Waals surface area contributed by atoms with E-state index >= 15 is 0 Å². The Morgan fingerprint density at radius 3 is 2.73 bits per heavy atom. The number of benzene rings is 1. The molecule has 1 aliphatic carbocycles. The zero-order valence-electron chi connectivity index (χ0n) is 13.6. The molecule has 5 heteroatoms. The molecule has 0 heterocycles. The fourth-order valence-electron chi connectivity index (χ4n) is 2.86. The second-order valence-electron chi connectivity index (χ2n) is 6.22. The van der Waals surface area contributed by atoms with Crippen LogP contribution >= 0.6 is 11.6 Å². The minimum atomic E-state index is -0.133. The molecule has 0 saturated heterocycles. The summed E-state index contributed by atoms with van der Waals surface area (Å²) in [7, 11) is 3.86. The minimum Gasteiger partial charge on any atom is -0.376 e. The molecule has 2 atom stereocenters. The maximum Gasteiger partial charge on any atom is 0.250 e. The predicted octanol–water partition coefficient (Wildman–Crippen LogP) is 3.94. The molecule has 2 rings (SSSR count). The molecule has 1 aromatic carbocycles. The fourth-order valence-corrected chi connectivity index (χ4v) is 3.21. The molecule has 1 amide bonds. The Morgan fingerprint density at radius 2 is 2.09 bits per heavy atom. The second kappa shape index (κ2) is 7.84. The van der Waals surface area contributed by atoms with Crippen molar-refractivity contribution in [2.24, 2.45) is 5.92 Å². The third kappa shape index (κ3) is 4.62. The van der Waals surface area contributed by atoms with E-state index in [0.717, 1.165) is 12.1 Å². The molecule has 1 saturated carbocycles. The summed E-state index contributed by atoms with van der Waals surface area (Å²) in [6.07, 6.45) is 4.91. The van der Waals surface area contributed by atoms with Gasteiger partial charge in [-0.1, -0.05) is 31.4 Å². The number of rotatable bonds is 5. The molecule has 4 nitrogen and oxygen atoms in total. The lowest BCUT2D eigenvalue weighted by molar-refractivity contribution is -0.124. The van der Waals surface area contributed by atoms with Crippen LogP contribution < -0.4 is 10.2 Å². The Kier molecular flexibility index (Phi) is 6.09. The van der Waals surface area contributed by atoms with Gasteiger partial charge in [0.15, 0.2) is 0 Å². The van der Waals surface area contributed by atoms with E-state index in [9.17, 15) is 4.79 Å². The number of anilines is 2. The lowest BCUT2D eigenvalue weighted by Crippen LogP contribution is -2.29. The average Bonchev–Trinajstić information content (AvgIpc) is 2.46. The Bertz CT molecular complexity index is 519. The van der Waals surface area contributed by atoms with Gasteiger partial charge in [0, 0.05) is 19.8 Å². The summed E-state index contributed by atoms with van der Waals surface area (Å²) in [5.74, 6) is 0.404. The first-order valence-electron chi connectivity index (χ1n) is 7.85. The van der Waals surface area contributed by atoms with Crippen molar-refractivity contribution < 1.29 is 9.53 Å². The highest BCUT2D eigenvalue weighted by Gasteiger charge is 2.22. The van der Waals surface area contributed by atoms with E-state index in [-0.39, 0.29) is 18.6 Å². The van der Waals surface area contributed by atoms with Gasteiger partial charge in [-0.25, -0.2) is 0 Å². The van der Waals surface area contributed by atoms with Crippen LogP contribution in [-0.4, -0.2) is 32.7 Å². The highest BCUT2D eigenvalue weighted by Crippen LogP contribution is 2.28. The topological polar surface area (TPSA) is 41.6 Å². The lowest BCUT2D eigenvalue weighted by Gasteiger charge is -2.28. The van der Waals surface area contributed by atoms with E-state index in [1.54, 1.807) is 6.07 Å². The Hall–Kier alpha value is -1.26. The van der Waals surface area contributed by atoms with Crippen LogP contribution in [0.2, 0.25) is 5.02 Å². The van der Waals surface area contributed by atoms with E-state index in [4.69, 9.17) is 16.3 Å². The highest BCUT2D eigenvalue weighted by atomic mass is 35.5. The molecule has 0 unspecified atom stereocenters. The van der Waals surface area contributed by atoms with Gasteiger partial charge in [-0.3, -0.25) is 4.79 Å². The van der Waals surface area contributed by atoms with Crippen LogP contribution in [0.15, 0.2) is 18.2 Å². The van der Waals surface area contributed by atoms with Gasteiger partial charge in [-0.15, -0.1) is 0 Å². The van der Waals surface area contributed by atoms with E-state index < -0.39 is 0 Å². The molecule has 0 radical (unpaired) electrons. The zero-order chi connectivity index (χ0) is 16.1. The van der Waals surface area contributed by atoms with Gasteiger partial charge >= 0.3 is 0 Å². The van der Waals surface area contributed by atoms with Crippen LogP contribution in [0.3, 0.4) is 0 Å². The van der Waals surface area contributed by atoms with Gasteiger partial charge in [-0.05, 0) is 37.0 Å². The molecule has 1 fully saturated rings. The molecule has 1 aromatic rings. The third-order valence-corrected chi connectivity index (χ3v) is 4.48. The molecular weight excluding hydrogens is 300 g/mol. The quantitative estimate of drug-likeness (QED) is 0.892. The van der Waals surface area contributed by atoms with Gasteiger partial charge in [-0.2, -0.15) is 0 Å². The number of hydrogen-bond acceptors (Lipinski definition) is 3. The van der Waals surface area contributed by atoms with Crippen molar-refractivity contribution in [3.63, 3.8) is 0 Å². The first-order chi connectivity index (χ1) is 10.5. The monoisotopic (exact) mass is 324 g/mol. The molecule has 0 aromatic heterocycles. The van der Waals surface area contributed by atoms with Crippen LogP contribution in [0.1, 0.15) is 32.6 Å². The number of nitrogens with zero attached hydrogens (tertiary/aromatic N) is 1. The van der Waals surface area contributed by atoms with Gasteiger partial charge < -0.3 is 15.0 Å². The molecule has 1 N–H and O–H groups in total. The summed E-state index contributed by atoms with van der Waals surface area (Å²) >= 11 is 6.20. The van der Waals surface area contributed by atoms with Crippen LogP contribution in [0, 0.1) is 5.92 Å². The standard InChI is InChI=1S/C17H25ClN2O2/c1-12-6-4-5-7-16(12)22-11-17(21)19-13-8-9-15(20(2)3)14(18)10-13/h8-10,12,16H,4-7,11H2,1-3H3,(H,19,21)/t12-,16+/m1/s1. The highest BCUT2D eigenvalue weighted by molar-refractivity contribution is 6.33. The van der Waals surface area contributed by atoms with E-state index in [1.165, 1.54) is 19.3 Å². The molecule has 1 aliphatic rings. The number of hydrogen-bond donors (Lipinski definition) is 1.